The van der Waals surface area contributed by atoms with E-state index in [1.165, 1.54) is 27.1 Å². The van der Waals surface area contributed by atoms with Gasteiger partial charge in [-0.25, -0.2) is 28.6 Å². The summed E-state index contributed by atoms with van der Waals surface area (Å²) in [6.07, 6.45) is 4.90. The largest absolute Gasteiger partial charge is 0.480 e. The van der Waals surface area contributed by atoms with Crippen LogP contribution in [0.3, 0.4) is 0 Å². The minimum absolute atomic E-state index is 0.0302. The first-order valence-electron chi connectivity index (χ1n) is 30.9. The molecule has 4 N–H and O–H groups in total. The van der Waals surface area contributed by atoms with Gasteiger partial charge in [-0.1, -0.05) is 132 Å². The number of carboxylic acid groups (broad SMARTS) is 1. The van der Waals surface area contributed by atoms with Crippen LogP contribution < -0.4 is 15.5 Å². The van der Waals surface area contributed by atoms with Crippen molar-refractivity contribution < 1.29 is 43.3 Å². The van der Waals surface area contributed by atoms with Gasteiger partial charge in [0.2, 0.25) is 11.8 Å². The first-order valence-corrected chi connectivity index (χ1v) is 32.0. The smallest absolute Gasteiger partial charge is 0.411 e. The van der Waals surface area contributed by atoms with Gasteiger partial charge >= 0.3 is 18.2 Å². The second kappa shape index (κ2) is 32.7. The molecule has 22 nitrogen and oxygen atoms in total. The number of hydrogen-bond donors (Lipinski definition) is 4. The summed E-state index contributed by atoms with van der Waals surface area (Å²) in [5.74, 6) is -1.64. The average molecular weight is 1340 g/mol. The van der Waals surface area contributed by atoms with Gasteiger partial charge in [0, 0.05) is 36.1 Å². The fourth-order valence-electron chi connectivity index (χ4n) is 10.9. The zero-order valence-electron chi connectivity index (χ0n) is 53.7. The highest BCUT2D eigenvalue weighted by molar-refractivity contribution is 6.31. The Bertz CT molecular complexity index is 3820. The fourth-order valence-corrected chi connectivity index (χ4v) is 11.5. The van der Waals surface area contributed by atoms with E-state index in [1.54, 1.807) is 84.3 Å². The Labute approximate surface area is 561 Å². The van der Waals surface area contributed by atoms with Crippen molar-refractivity contribution in [1.82, 2.24) is 65.7 Å². The lowest BCUT2D eigenvalue weighted by molar-refractivity contribution is -0.144. The summed E-state index contributed by atoms with van der Waals surface area (Å²) in [5.41, 5.74) is 8.39. The highest BCUT2D eigenvalue weighted by atomic mass is 35.5. The number of halogens is 3. The number of hydrogen-bond acceptors (Lipinski definition) is 15. The van der Waals surface area contributed by atoms with Crippen molar-refractivity contribution in [2.75, 3.05) is 13.1 Å². The normalized spacial score (nSPS) is 17.0. The van der Waals surface area contributed by atoms with Crippen LogP contribution >= 0.6 is 35.0 Å². The van der Waals surface area contributed by atoms with Crippen LogP contribution in [0.2, 0.25) is 10.0 Å². The predicted molar refractivity (Wildman–Crippen MR) is 358 cm³/mol. The minimum atomic E-state index is -0.989. The minimum Gasteiger partial charge on any atom is -0.480 e. The third kappa shape index (κ3) is 20.0. The lowest BCUT2D eigenvalue weighted by Crippen LogP contribution is -2.57. The maximum absolute atomic E-state index is 13.8. The third-order valence-electron chi connectivity index (χ3n) is 15.8. The highest BCUT2D eigenvalue weighted by Crippen LogP contribution is 2.36. The van der Waals surface area contributed by atoms with Crippen LogP contribution in [0.5, 0.6) is 0 Å². The number of likely N-dealkylation sites (tertiary alicyclic amines) is 2. The number of carbonyl (C=O) groups is 6. The second-order valence-electron chi connectivity index (χ2n) is 24.9. The van der Waals surface area contributed by atoms with Crippen LogP contribution in [0, 0.1) is 0 Å². The molecule has 0 saturated carbocycles. The van der Waals surface area contributed by atoms with E-state index in [1.807, 2.05) is 48.5 Å². The summed E-state index contributed by atoms with van der Waals surface area (Å²) in [4.78, 5) is 81.4. The average Bonchev–Trinajstić information content (AvgIpc) is 0.994. The zero-order chi connectivity index (χ0) is 67.7. The second-order valence-corrected chi connectivity index (χ2v) is 26.0. The first-order chi connectivity index (χ1) is 44.8. The topological polar surface area (TPSA) is 271 Å². The van der Waals surface area contributed by atoms with E-state index in [9.17, 15) is 33.9 Å². The first kappa shape index (κ1) is 70.8. The van der Waals surface area contributed by atoms with E-state index in [2.05, 4.69) is 119 Å². The summed E-state index contributed by atoms with van der Waals surface area (Å²) in [5, 5.41) is 38.8. The molecule has 494 valence electrons. The number of piperidine rings is 2. The molecule has 2 aromatic heterocycles. The quantitative estimate of drug-likeness (QED) is 0.0617. The molecule has 2 fully saturated rings. The molecule has 0 unspecified atom stereocenters. The molecule has 4 amide bonds. The maximum atomic E-state index is 13.8. The van der Waals surface area contributed by atoms with E-state index in [4.69, 9.17) is 44.5 Å². The van der Waals surface area contributed by atoms with Crippen LogP contribution in [-0.2, 0) is 41.6 Å². The molecule has 8 aromatic rings. The van der Waals surface area contributed by atoms with Gasteiger partial charge in [0.05, 0.1) is 17.4 Å². The zero-order valence-corrected chi connectivity index (χ0v) is 55.9. The van der Waals surface area contributed by atoms with Crippen molar-refractivity contribution in [3.05, 3.63) is 191 Å². The Hall–Kier alpha value is -9.09. The summed E-state index contributed by atoms with van der Waals surface area (Å²) >= 11 is 17.7. The standard InChI is InChI=1S/C34H38ClN7O4.C23H27NO4.C12H13Cl2N5O/c1-22(31(43)36-20-27-18-28(35)14-15-29(27)42-21-37-39-40-42)38-32(44)30-19-26(16-17-41(30)33(45)46-34(2,3)4)25-12-10-24(11-13-25)23-8-6-5-7-9-23;1-23(2,3)28-22(27)24-14-13-19(15-20(24)21(25)26)18-11-9-17(10-12-18)16-7-5-4-6-8-16;1-8(16-14)12(20)5-2-9-6-10(13)3-4-11(9)19-7-15-17-18-19/h5-15,18,21-22,26,30H,16-17,19-20H2,1-4H3,(H,36,43)(H,38,44);4-12,19-20H,13-15H2,1-3H3,(H,25,26);3-4,6-8,16H,2,5H2,1H3/t22-,26-,30+;19-,20+;8-/m000/s1. The monoisotopic (exact) mass is 1340 g/mol. The van der Waals surface area contributed by atoms with Crippen molar-refractivity contribution in [1.29, 1.82) is 0 Å². The molecule has 0 radical (unpaired) electrons. The van der Waals surface area contributed by atoms with Crippen molar-refractivity contribution in [2.24, 2.45) is 0 Å². The molecule has 2 saturated heterocycles. The number of ketones is 1. The summed E-state index contributed by atoms with van der Waals surface area (Å²) in [7, 11) is 0. The van der Waals surface area contributed by atoms with E-state index in [0.29, 0.717) is 72.9 Å². The van der Waals surface area contributed by atoms with Crippen LogP contribution in [-0.4, -0.2) is 140 Å². The Morgan fingerprint density at radius 3 is 1.46 bits per heavy atom. The number of benzene rings is 6. The van der Waals surface area contributed by atoms with Gasteiger partial charge < -0.3 is 25.2 Å². The molecule has 0 bridgehead atoms. The number of Topliss-reactive ketones (excluding diaryl/α,β-unsaturated/α-hetero) is 1. The number of aryl methyl sites for hydroxylation is 1. The van der Waals surface area contributed by atoms with Crippen LogP contribution in [0.15, 0.2) is 158 Å². The Balaban J connectivity index is 0.000000200. The third-order valence-corrected chi connectivity index (χ3v) is 16.6. The van der Waals surface area contributed by atoms with Crippen molar-refractivity contribution in [2.45, 2.75) is 148 Å². The molecule has 25 heteroatoms. The van der Waals surface area contributed by atoms with Crippen molar-refractivity contribution >= 4 is 70.7 Å². The van der Waals surface area contributed by atoms with Crippen molar-refractivity contribution in [3.8, 4) is 33.6 Å². The van der Waals surface area contributed by atoms with Crippen LogP contribution in [0.25, 0.3) is 33.6 Å². The predicted octanol–water partition coefficient (Wildman–Crippen LogP) is 12.2. The van der Waals surface area contributed by atoms with Crippen LogP contribution in [0.1, 0.15) is 122 Å². The number of aliphatic carboxylic acids is 1. The molecule has 6 atom stereocenters. The highest BCUT2D eigenvalue weighted by Gasteiger charge is 2.41. The number of amides is 4. The maximum Gasteiger partial charge on any atom is 0.411 e. The van der Waals surface area contributed by atoms with E-state index in [-0.39, 0.29) is 30.2 Å². The van der Waals surface area contributed by atoms with Gasteiger partial charge in [0.1, 0.15) is 42.0 Å². The summed E-state index contributed by atoms with van der Waals surface area (Å²) in [6.45, 7) is 14.9. The van der Waals surface area contributed by atoms with Gasteiger partial charge in [-0.05, 0) is 213 Å². The SMILES string of the molecule is CC(C)(C)OC(=O)N1CC[C@H](c2ccc(-c3ccccc3)cc2)C[C@@H]1C(=O)O.C[C@H](NC(=O)[C@H]1C[C@@H](c2ccc(-c3ccccc3)cc2)CCN1C(=O)OC(C)(C)C)C(=O)NCc1cc(Cl)ccc1-n1cnnn1.C[C@H](NCl)C(=O)CCc1cc(Cl)ccc1-n1cnnn1. The molecule has 6 aromatic carbocycles. The number of nitrogens with one attached hydrogen (secondary N) is 3. The Kier molecular flexibility index (Phi) is 24.6. The lowest BCUT2D eigenvalue weighted by Gasteiger charge is -2.39. The number of carboxylic acids is 1. The number of ether oxygens (including phenoxy) is 2. The van der Waals surface area contributed by atoms with Gasteiger partial charge in [-0.15, -0.1) is 10.2 Å². The Morgan fingerprint density at radius 2 is 1.02 bits per heavy atom. The van der Waals surface area contributed by atoms with Gasteiger partial charge in [-0.2, -0.15) is 0 Å². The van der Waals surface area contributed by atoms with Gasteiger partial charge in [0.15, 0.2) is 5.78 Å². The molecular weight excluding hydrogens is 1260 g/mol. The fraction of sp³-hybridized carbons (Fsp3) is 0.362. The van der Waals surface area contributed by atoms with Crippen LogP contribution in [0.4, 0.5) is 9.59 Å². The number of nitrogens with zero attached hydrogens (tertiary/aromatic N) is 10. The molecule has 10 rings (SSSR count). The molecule has 94 heavy (non-hydrogen) atoms. The molecule has 0 spiro atoms. The summed E-state index contributed by atoms with van der Waals surface area (Å²) in [6, 6.07) is 44.5. The molecule has 4 heterocycles. The molecule has 2 aliphatic rings. The molecule has 0 aliphatic carbocycles. The van der Waals surface area contributed by atoms with E-state index < -0.39 is 59.3 Å². The Morgan fingerprint density at radius 1 is 0.585 bits per heavy atom. The molecular formula is C69H78Cl3N13O9. The molecule has 2 aliphatic heterocycles. The van der Waals surface area contributed by atoms with Gasteiger partial charge in [-0.3, -0.25) is 24.2 Å². The lowest BCUT2D eigenvalue weighted by atomic mass is 9.84. The van der Waals surface area contributed by atoms with Gasteiger partial charge in [0.25, 0.3) is 0 Å². The number of carbonyl (C=O) groups excluding carboxylic acids is 5. The number of aromatic nitrogens is 8. The summed E-state index contributed by atoms with van der Waals surface area (Å²) < 4.78 is 14.1. The van der Waals surface area contributed by atoms with E-state index >= 15 is 0 Å². The number of tetrazole rings is 2. The van der Waals surface area contributed by atoms with Crippen molar-refractivity contribution in [3.63, 3.8) is 0 Å². The number of rotatable bonds is 17. The van der Waals surface area contributed by atoms with E-state index in [0.717, 1.165) is 44.6 Å².